The maximum Gasteiger partial charge on any atom is 0.308 e. The Bertz CT molecular complexity index is 762. The summed E-state index contributed by atoms with van der Waals surface area (Å²) in [6.45, 7) is 2.16. The first kappa shape index (κ1) is 16.2. The van der Waals surface area contributed by atoms with Gasteiger partial charge in [0.05, 0.1) is 5.54 Å². The average Bonchev–Trinajstić information content (AvgIpc) is 2.64. The fraction of sp³-hybridized carbons (Fsp3) is 0.0952. The zero-order chi connectivity index (χ0) is 17.0. The van der Waals surface area contributed by atoms with Crippen molar-refractivity contribution in [2.24, 2.45) is 0 Å². The molecule has 0 heterocycles. The van der Waals surface area contributed by atoms with Crippen molar-refractivity contribution in [3.05, 3.63) is 96.6 Å². The molecule has 2 nitrogen and oxygen atoms in total. The number of carboxylic acid groups (broad SMARTS) is 1. The molecule has 3 rings (SSSR count). The topological polar surface area (TPSA) is 37.3 Å². The third-order valence-corrected chi connectivity index (χ3v) is 9.50. The van der Waals surface area contributed by atoms with Crippen LogP contribution in [-0.2, 0) is 4.79 Å². The van der Waals surface area contributed by atoms with Crippen LogP contribution in [0.25, 0.3) is 0 Å². The molecule has 0 saturated heterocycles. The molecule has 120 valence electrons. The van der Waals surface area contributed by atoms with Crippen LogP contribution in [0.2, 0.25) is 6.55 Å². The highest BCUT2D eigenvalue weighted by molar-refractivity contribution is 7.03. The monoisotopic (exact) mass is 332 g/mol. The van der Waals surface area contributed by atoms with E-state index in [-0.39, 0.29) is 0 Å². The van der Waals surface area contributed by atoms with Crippen molar-refractivity contribution in [1.82, 2.24) is 0 Å². The molecule has 0 saturated carbocycles. The van der Waals surface area contributed by atoms with Gasteiger partial charge in [0.2, 0.25) is 0 Å². The van der Waals surface area contributed by atoms with Gasteiger partial charge in [0, 0.05) is 0 Å². The predicted molar refractivity (Wildman–Crippen MR) is 101 cm³/mol. The third kappa shape index (κ3) is 2.91. The standard InChI is InChI=1S/C21H20O2Si/c1-24(18-13-7-3-8-14-18,19-15-9-4-10-16-19)20(21(22)23)17-11-5-2-6-12-17/h2-16,20H,1H3,(H,22,23). The number of benzene rings is 3. The van der Waals surface area contributed by atoms with Gasteiger partial charge in [-0.25, -0.2) is 0 Å². The van der Waals surface area contributed by atoms with Crippen LogP contribution in [0.15, 0.2) is 91.0 Å². The van der Waals surface area contributed by atoms with Gasteiger partial charge in [0.25, 0.3) is 0 Å². The highest BCUT2D eigenvalue weighted by atomic mass is 28.3. The van der Waals surface area contributed by atoms with Crippen LogP contribution >= 0.6 is 0 Å². The second kappa shape index (κ2) is 6.85. The van der Waals surface area contributed by atoms with Crippen LogP contribution < -0.4 is 10.4 Å². The summed E-state index contributed by atoms with van der Waals surface area (Å²) < 4.78 is 0. The van der Waals surface area contributed by atoms with Crippen LogP contribution in [0.5, 0.6) is 0 Å². The largest absolute Gasteiger partial charge is 0.481 e. The Morgan fingerprint density at radius 1 is 0.750 bits per heavy atom. The molecule has 3 aromatic rings. The Morgan fingerprint density at radius 2 is 1.12 bits per heavy atom. The van der Waals surface area contributed by atoms with Gasteiger partial charge < -0.3 is 5.11 Å². The lowest BCUT2D eigenvalue weighted by molar-refractivity contribution is -0.136. The maximum atomic E-state index is 12.3. The molecule has 0 aliphatic heterocycles. The quantitative estimate of drug-likeness (QED) is 0.728. The second-order valence-corrected chi connectivity index (χ2v) is 10.3. The molecule has 0 fully saturated rings. The van der Waals surface area contributed by atoms with Crippen molar-refractivity contribution < 1.29 is 9.90 Å². The lowest BCUT2D eigenvalue weighted by Crippen LogP contribution is -2.62. The minimum Gasteiger partial charge on any atom is -0.481 e. The number of hydrogen-bond acceptors (Lipinski definition) is 1. The van der Waals surface area contributed by atoms with E-state index in [1.807, 2.05) is 66.7 Å². The van der Waals surface area contributed by atoms with Crippen LogP contribution in [0.4, 0.5) is 0 Å². The summed E-state index contributed by atoms with van der Waals surface area (Å²) in [5.41, 5.74) is 0.329. The number of hydrogen-bond donors (Lipinski definition) is 1. The van der Waals surface area contributed by atoms with Crippen molar-refractivity contribution in [3.63, 3.8) is 0 Å². The summed E-state index contributed by atoms with van der Waals surface area (Å²) >= 11 is 0. The summed E-state index contributed by atoms with van der Waals surface area (Å²) in [5, 5.41) is 12.4. The summed E-state index contributed by atoms with van der Waals surface area (Å²) in [7, 11) is -2.53. The van der Waals surface area contributed by atoms with Gasteiger partial charge >= 0.3 is 5.97 Å². The molecule has 1 N–H and O–H groups in total. The van der Waals surface area contributed by atoms with E-state index in [4.69, 9.17) is 0 Å². The van der Waals surface area contributed by atoms with E-state index in [1.165, 1.54) is 0 Å². The fourth-order valence-electron chi connectivity index (χ4n) is 3.44. The zero-order valence-corrected chi connectivity index (χ0v) is 14.6. The van der Waals surface area contributed by atoms with Crippen LogP contribution in [0.3, 0.4) is 0 Å². The van der Waals surface area contributed by atoms with Gasteiger partial charge in [0.1, 0.15) is 8.07 Å². The molecule has 24 heavy (non-hydrogen) atoms. The molecule has 0 bridgehead atoms. The van der Waals surface area contributed by atoms with Crippen molar-refractivity contribution >= 4 is 24.4 Å². The normalized spacial score (nSPS) is 12.5. The summed E-state index contributed by atoms with van der Waals surface area (Å²) in [6, 6.07) is 29.8. The number of carbonyl (C=O) groups is 1. The zero-order valence-electron chi connectivity index (χ0n) is 13.6. The summed E-state index contributed by atoms with van der Waals surface area (Å²) in [4.78, 5) is 12.3. The SMILES string of the molecule is C[Si](c1ccccc1)(c1ccccc1)C(C(=O)O)c1ccccc1. The van der Waals surface area contributed by atoms with Crippen LogP contribution in [0.1, 0.15) is 11.1 Å². The Morgan fingerprint density at radius 3 is 1.50 bits per heavy atom. The molecule has 1 atom stereocenters. The Hall–Kier alpha value is -2.65. The molecule has 0 aliphatic carbocycles. The van der Waals surface area contributed by atoms with Crippen molar-refractivity contribution in [2.75, 3.05) is 0 Å². The first-order valence-electron chi connectivity index (χ1n) is 8.03. The molecule has 3 aromatic carbocycles. The van der Waals surface area contributed by atoms with Crippen molar-refractivity contribution in [3.8, 4) is 0 Å². The van der Waals surface area contributed by atoms with E-state index in [9.17, 15) is 9.90 Å². The first-order chi connectivity index (χ1) is 11.6. The summed E-state index contributed by atoms with van der Waals surface area (Å²) in [6.07, 6.45) is 0. The Balaban J connectivity index is 2.26. The van der Waals surface area contributed by atoms with E-state index in [1.54, 1.807) is 0 Å². The highest BCUT2D eigenvalue weighted by Gasteiger charge is 2.45. The van der Waals surface area contributed by atoms with Gasteiger partial charge in [-0.1, -0.05) is 108 Å². The highest BCUT2D eigenvalue weighted by Crippen LogP contribution is 2.27. The Kier molecular flexibility index (Phi) is 4.63. The van der Waals surface area contributed by atoms with Gasteiger partial charge in [-0.3, -0.25) is 4.79 Å². The van der Waals surface area contributed by atoms with Crippen molar-refractivity contribution in [1.29, 1.82) is 0 Å². The van der Waals surface area contributed by atoms with E-state index in [0.717, 1.165) is 15.9 Å². The van der Waals surface area contributed by atoms with E-state index in [2.05, 4.69) is 30.8 Å². The minimum absolute atomic E-state index is 0.538. The first-order valence-corrected chi connectivity index (χ1v) is 10.6. The van der Waals surface area contributed by atoms with Gasteiger partial charge in [-0.2, -0.15) is 0 Å². The lowest BCUT2D eigenvalue weighted by atomic mass is 10.1. The van der Waals surface area contributed by atoms with E-state index >= 15 is 0 Å². The van der Waals surface area contributed by atoms with Gasteiger partial charge in [0.15, 0.2) is 0 Å². The predicted octanol–water partition coefficient (Wildman–Crippen LogP) is 3.29. The molecule has 1 unspecified atom stereocenters. The molecular formula is C21H20O2Si. The van der Waals surface area contributed by atoms with Gasteiger partial charge in [-0.15, -0.1) is 0 Å². The summed E-state index contributed by atoms with van der Waals surface area (Å²) in [5.74, 6) is -0.761. The molecule has 0 aliphatic rings. The molecule has 0 amide bonds. The number of rotatable bonds is 5. The molecule has 0 spiro atoms. The maximum absolute atomic E-state index is 12.3. The molecule has 0 aromatic heterocycles. The third-order valence-electron chi connectivity index (χ3n) is 4.70. The molecule has 3 heteroatoms. The Labute approximate surface area is 143 Å². The van der Waals surface area contributed by atoms with Crippen LogP contribution in [0, 0.1) is 0 Å². The second-order valence-electron chi connectivity index (χ2n) is 6.12. The van der Waals surface area contributed by atoms with Crippen LogP contribution in [-0.4, -0.2) is 19.1 Å². The number of aliphatic carboxylic acids is 1. The molecular weight excluding hydrogens is 312 g/mol. The van der Waals surface area contributed by atoms with Gasteiger partial charge in [-0.05, 0) is 5.56 Å². The molecule has 0 radical (unpaired) electrons. The van der Waals surface area contributed by atoms with E-state index < -0.39 is 19.6 Å². The minimum atomic E-state index is -2.53. The van der Waals surface area contributed by atoms with Crippen molar-refractivity contribution in [2.45, 2.75) is 12.1 Å². The smallest absolute Gasteiger partial charge is 0.308 e. The fourth-order valence-corrected chi connectivity index (χ4v) is 7.56. The average molecular weight is 332 g/mol. The lowest BCUT2D eigenvalue weighted by Gasteiger charge is -2.34. The van der Waals surface area contributed by atoms with E-state index in [0.29, 0.717) is 0 Å². The number of carboxylic acids is 1.